The average Bonchev–Trinajstić information content (AvgIpc) is 3.14. The average molecular weight is 789 g/mol. The van der Waals surface area contributed by atoms with Gasteiger partial charge in [-0.2, -0.15) is 0 Å². The number of carbonyl (C=O) groups excluding carboxylic acids is 3. The Morgan fingerprint density at radius 1 is 0.964 bits per heavy atom. The Labute approximate surface area is 338 Å². The summed E-state index contributed by atoms with van der Waals surface area (Å²) in [5, 5.41) is 24.3. The normalized spacial score (nSPS) is 34.8. The van der Waals surface area contributed by atoms with Crippen LogP contribution >= 0.6 is 0 Å². The van der Waals surface area contributed by atoms with E-state index >= 15 is 0 Å². The molecule has 320 valence electrons. The summed E-state index contributed by atoms with van der Waals surface area (Å²) in [6.07, 6.45) is 11.1. The second-order valence-electron chi connectivity index (χ2n) is 17.1. The van der Waals surface area contributed by atoms with Crippen molar-refractivity contribution in [2.24, 2.45) is 41.4 Å². The van der Waals surface area contributed by atoms with Crippen LogP contribution in [0.15, 0.2) is 47.3 Å². The highest BCUT2D eigenvalue weighted by Crippen LogP contribution is 2.43. The standard InChI is InChI=1S/C46H76O10/c1-14-16-21-41(48)54-40-27-46(51,56-44(28(3)4)34(40)10)35(11)43(50)33(9)36-26-37(47)39(53-13)25-30(6)24-32(8)45(55-42(49)22-17-15-2)31(7)23-29(5)19-18-20-38(36)52-12/h18-20,24-25,28,31-36,38,40,43-45,50-51H,14-17,21-23,26-27H2,1-13H3/b20-18+,29-19+,30-24+,39-25-/t31-,32+,33+,34-,35-,36+,38-,40+,43+,44+,45-,46+/m0/s1. The van der Waals surface area contributed by atoms with Crippen LogP contribution in [-0.4, -0.2) is 78.5 Å². The fourth-order valence-corrected chi connectivity index (χ4v) is 8.41. The third-order valence-electron chi connectivity index (χ3n) is 12.0. The van der Waals surface area contributed by atoms with Gasteiger partial charge in [-0.1, -0.05) is 111 Å². The lowest BCUT2D eigenvalue weighted by Crippen LogP contribution is -2.59. The van der Waals surface area contributed by atoms with Crippen molar-refractivity contribution in [1.82, 2.24) is 0 Å². The minimum absolute atomic E-state index is 0.00935. The number of esters is 2. The SMILES string of the molecule is CCCCC(=O)O[C@@H]1[C@H](C)/C=C(C)/C=C(\OC)C(=O)C[C@H]([C@@H](C)[C@@H](O)[C@H](C)[C@@]2(O)C[C@@H](OC(=O)CCCC)[C@H](C)[C@@H](C(C)C)O2)[C@@H](OC)/C=C/C=C(\C)C[C@@H]1C. The molecule has 1 saturated heterocycles. The molecule has 0 aromatic rings. The number of carbonyl (C=O) groups is 3. The summed E-state index contributed by atoms with van der Waals surface area (Å²) in [7, 11) is 3.04. The number of ether oxygens (including phenoxy) is 5. The van der Waals surface area contributed by atoms with Crippen molar-refractivity contribution >= 4 is 17.7 Å². The number of hydrogen-bond acceptors (Lipinski definition) is 10. The Kier molecular flexibility index (Phi) is 20.8. The van der Waals surface area contributed by atoms with Gasteiger partial charge < -0.3 is 33.9 Å². The van der Waals surface area contributed by atoms with E-state index < -0.39 is 48.0 Å². The van der Waals surface area contributed by atoms with Gasteiger partial charge in [0.25, 0.3) is 0 Å². The molecule has 2 rings (SSSR count). The van der Waals surface area contributed by atoms with Crippen LogP contribution in [0, 0.1) is 41.4 Å². The zero-order valence-corrected chi connectivity index (χ0v) is 36.8. The van der Waals surface area contributed by atoms with Gasteiger partial charge in [0.1, 0.15) is 12.2 Å². The predicted octanol–water partition coefficient (Wildman–Crippen LogP) is 8.84. The molecule has 12 atom stereocenters. The molecular formula is C46H76O10. The molecule has 2 aliphatic rings. The fraction of sp³-hybridized carbons (Fsp3) is 0.761. The zero-order valence-electron chi connectivity index (χ0n) is 36.8. The van der Waals surface area contributed by atoms with Crippen LogP contribution in [-0.2, 0) is 38.1 Å². The van der Waals surface area contributed by atoms with Crippen molar-refractivity contribution < 1.29 is 48.3 Å². The van der Waals surface area contributed by atoms with E-state index in [1.165, 1.54) is 7.11 Å². The van der Waals surface area contributed by atoms with E-state index in [4.69, 9.17) is 23.7 Å². The van der Waals surface area contributed by atoms with Gasteiger partial charge in [0.05, 0.1) is 25.4 Å². The van der Waals surface area contributed by atoms with Gasteiger partial charge in [0.15, 0.2) is 17.3 Å². The molecule has 56 heavy (non-hydrogen) atoms. The molecule has 0 saturated carbocycles. The quantitative estimate of drug-likeness (QED) is 0.155. The lowest BCUT2D eigenvalue weighted by molar-refractivity contribution is -0.329. The smallest absolute Gasteiger partial charge is 0.306 e. The number of rotatable bonds is 15. The Hall–Kier alpha value is -2.79. The number of hydrogen-bond donors (Lipinski definition) is 2. The largest absolute Gasteiger partial charge is 0.493 e. The molecule has 10 nitrogen and oxygen atoms in total. The van der Waals surface area contributed by atoms with E-state index in [1.54, 1.807) is 20.1 Å². The summed E-state index contributed by atoms with van der Waals surface area (Å²) in [4.78, 5) is 39.7. The highest BCUT2D eigenvalue weighted by Gasteiger charge is 2.52. The summed E-state index contributed by atoms with van der Waals surface area (Å²) >= 11 is 0. The molecule has 0 unspecified atom stereocenters. The van der Waals surface area contributed by atoms with Gasteiger partial charge >= 0.3 is 11.9 Å². The van der Waals surface area contributed by atoms with E-state index in [0.29, 0.717) is 19.3 Å². The van der Waals surface area contributed by atoms with Crippen molar-refractivity contribution in [3.63, 3.8) is 0 Å². The third-order valence-corrected chi connectivity index (χ3v) is 12.0. The molecule has 1 aliphatic heterocycles. The monoisotopic (exact) mass is 789 g/mol. The first-order chi connectivity index (χ1) is 26.3. The van der Waals surface area contributed by atoms with Crippen LogP contribution < -0.4 is 0 Å². The van der Waals surface area contributed by atoms with Crippen LogP contribution in [0.4, 0.5) is 0 Å². The Morgan fingerprint density at radius 2 is 1.57 bits per heavy atom. The van der Waals surface area contributed by atoms with E-state index in [-0.39, 0.29) is 66.1 Å². The molecule has 1 heterocycles. The highest BCUT2D eigenvalue weighted by atomic mass is 16.6. The topological polar surface area (TPSA) is 138 Å². The first-order valence-electron chi connectivity index (χ1n) is 21.1. The minimum Gasteiger partial charge on any atom is -0.493 e. The molecule has 10 heteroatoms. The van der Waals surface area contributed by atoms with Gasteiger partial charge in [-0.15, -0.1) is 0 Å². The number of methoxy groups -OCH3 is 2. The van der Waals surface area contributed by atoms with Crippen LogP contribution in [0.3, 0.4) is 0 Å². The van der Waals surface area contributed by atoms with Gasteiger partial charge in [0, 0.05) is 56.5 Å². The summed E-state index contributed by atoms with van der Waals surface area (Å²) in [6.45, 7) is 21.7. The Morgan fingerprint density at radius 3 is 2.12 bits per heavy atom. The lowest BCUT2D eigenvalue weighted by atomic mass is 9.73. The van der Waals surface area contributed by atoms with E-state index in [2.05, 4.69) is 6.92 Å². The minimum atomic E-state index is -1.81. The van der Waals surface area contributed by atoms with Crippen LogP contribution in [0.1, 0.15) is 134 Å². The number of ketones is 1. The summed E-state index contributed by atoms with van der Waals surface area (Å²) in [5.74, 6) is -4.63. The summed E-state index contributed by atoms with van der Waals surface area (Å²) < 4.78 is 30.2. The van der Waals surface area contributed by atoms with Crippen molar-refractivity contribution in [3.8, 4) is 0 Å². The molecule has 0 spiro atoms. The number of aliphatic hydroxyl groups is 2. The lowest BCUT2D eigenvalue weighted by Gasteiger charge is -2.50. The van der Waals surface area contributed by atoms with Crippen LogP contribution in [0.2, 0.25) is 0 Å². The first-order valence-corrected chi connectivity index (χ1v) is 21.1. The van der Waals surface area contributed by atoms with Gasteiger partial charge in [-0.25, -0.2) is 0 Å². The van der Waals surface area contributed by atoms with E-state index in [1.807, 2.05) is 86.6 Å². The van der Waals surface area contributed by atoms with Gasteiger partial charge in [0.2, 0.25) is 0 Å². The highest BCUT2D eigenvalue weighted by molar-refractivity contribution is 5.94. The van der Waals surface area contributed by atoms with Crippen molar-refractivity contribution in [2.75, 3.05) is 14.2 Å². The van der Waals surface area contributed by atoms with Gasteiger partial charge in [-0.3, -0.25) is 14.4 Å². The maximum Gasteiger partial charge on any atom is 0.306 e. The molecule has 0 amide bonds. The fourth-order valence-electron chi connectivity index (χ4n) is 8.41. The molecule has 1 aliphatic carbocycles. The Bertz CT molecular complexity index is 1380. The second-order valence-corrected chi connectivity index (χ2v) is 17.1. The molecule has 0 radical (unpaired) electrons. The van der Waals surface area contributed by atoms with Crippen LogP contribution in [0.5, 0.6) is 0 Å². The number of Topliss-reactive ketones (excluding diaryl/α,β-unsaturated/α-hetero) is 1. The zero-order chi connectivity index (χ0) is 42.3. The molecule has 1 fully saturated rings. The van der Waals surface area contributed by atoms with Gasteiger partial charge in [-0.05, 0) is 56.9 Å². The maximum absolute atomic E-state index is 14.1. The van der Waals surface area contributed by atoms with Crippen molar-refractivity contribution in [1.29, 1.82) is 0 Å². The van der Waals surface area contributed by atoms with Crippen LogP contribution in [0.25, 0.3) is 0 Å². The molecule has 0 aromatic carbocycles. The molecule has 0 bridgehead atoms. The number of unbranched alkanes of at least 4 members (excludes halogenated alkanes) is 2. The van der Waals surface area contributed by atoms with E-state index in [9.17, 15) is 24.6 Å². The summed E-state index contributed by atoms with van der Waals surface area (Å²) in [6, 6.07) is 0. The maximum atomic E-state index is 14.1. The Balaban J connectivity index is 2.55. The molecular weight excluding hydrogens is 712 g/mol. The number of aliphatic hydroxyl groups excluding tert-OH is 1. The molecule has 0 aromatic heterocycles. The van der Waals surface area contributed by atoms with Crippen molar-refractivity contribution in [3.05, 3.63) is 47.3 Å². The summed E-state index contributed by atoms with van der Waals surface area (Å²) in [5.41, 5.74) is 1.88. The molecule has 2 N–H and O–H groups in total. The van der Waals surface area contributed by atoms with E-state index in [0.717, 1.165) is 36.8 Å². The second kappa shape index (κ2) is 23.6. The number of allylic oxidation sites excluding steroid dienone is 6. The third kappa shape index (κ3) is 14.2. The first kappa shape index (κ1) is 49.4. The predicted molar refractivity (Wildman–Crippen MR) is 220 cm³/mol. The van der Waals surface area contributed by atoms with Crippen molar-refractivity contribution in [2.45, 2.75) is 170 Å².